The highest BCUT2D eigenvalue weighted by atomic mass is 16.6. The van der Waals surface area contributed by atoms with Crippen molar-refractivity contribution in [3.05, 3.63) is 12.2 Å². The van der Waals surface area contributed by atoms with Crippen molar-refractivity contribution < 1.29 is 14.3 Å². The molecule has 0 unspecified atom stereocenters. The number of unbranched alkanes of at least 4 members (excludes halogenated alkanes) is 1. The molecule has 1 aliphatic heterocycles. The van der Waals surface area contributed by atoms with Gasteiger partial charge in [-0.2, -0.15) is 0 Å². The summed E-state index contributed by atoms with van der Waals surface area (Å²) in [6.07, 6.45) is 9.00. The van der Waals surface area contributed by atoms with E-state index in [2.05, 4.69) is 13.8 Å². The number of esters is 1. The first-order chi connectivity index (χ1) is 9.79. The number of ketones is 1. The van der Waals surface area contributed by atoms with Crippen LogP contribution in [-0.4, -0.2) is 17.4 Å². The summed E-state index contributed by atoms with van der Waals surface area (Å²) < 4.78 is 5.61. The van der Waals surface area contributed by atoms with Gasteiger partial charge in [-0.05, 0) is 37.3 Å². The predicted molar refractivity (Wildman–Crippen MR) is 82.8 cm³/mol. The van der Waals surface area contributed by atoms with Gasteiger partial charge < -0.3 is 4.74 Å². The van der Waals surface area contributed by atoms with E-state index in [1.165, 1.54) is 0 Å². The highest BCUT2D eigenvalue weighted by Gasteiger charge is 2.52. The molecule has 2 fully saturated rings. The molecule has 1 heterocycles. The lowest BCUT2D eigenvalue weighted by atomic mass is 9.81. The Labute approximate surface area is 128 Å². The van der Waals surface area contributed by atoms with Gasteiger partial charge in [0.1, 0.15) is 5.60 Å². The van der Waals surface area contributed by atoms with Crippen molar-refractivity contribution in [3.8, 4) is 0 Å². The maximum Gasteiger partial charge on any atom is 0.307 e. The van der Waals surface area contributed by atoms with Crippen LogP contribution in [0.1, 0.15) is 66.2 Å². The minimum absolute atomic E-state index is 0.116. The van der Waals surface area contributed by atoms with E-state index in [4.69, 9.17) is 4.74 Å². The monoisotopic (exact) mass is 292 g/mol. The van der Waals surface area contributed by atoms with Gasteiger partial charge in [0.25, 0.3) is 0 Å². The van der Waals surface area contributed by atoms with Gasteiger partial charge >= 0.3 is 5.97 Å². The zero-order chi connectivity index (χ0) is 15.7. The largest absolute Gasteiger partial charge is 0.454 e. The van der Waals surface area contributed by atoms with Crippen LogP contribution in [0.5, 0.6) is 0 Å². The minimum atomic E-state index is -0.507. The molecular weight excluding hydrogens is 264 g/mol. The first-order valence-electron chi connectivity index (χ1n) is 8.24. The first-order valence-corrected chi connectivity index (χ1v) is 8.24. The lowest BCUT2D eigenvalue weighted by molar-refractivity contribution is -0.145. The molecule has 0 aromatic heterocycles. The summed E-state index contributed by atoms with van der Waals surface area (Å²) >= 11 is 0. The lowest BCUT2D eigenvalue weighted by Crippen LogP contribution is -2.30. The molecule has 0 spiro atoms. The number of carbonyl (C=O) groups excluding carboxylic acids is 2. The van der Waals surface area contributed by atoms with E-state index >= 15 is 0 Å². The van der Waals surface area contributed by atoms with Gasteiger partial charge in [-0.1, -0.05) is 40.5 Å². The Morgan fingerprint density at radius 1 is 1.48 bits per heavy atom. The average molecular weight is 292 g/mol. The van der Waals surface area contributed by atoms with E-state index in [-0.39, 0.29) is 23.1 Å². The quantitative estimate of drug-likeness (QED) is 0.547. The van der Waals surface area contributed by atoms with Crippen molar-refractivity contribution >= 4 is 11.8 Å². The van der Waals surface area contributed by atoms with Crippen molar-refractivity contribution in [2.75, 3.05) is 0 Å². The van der Waals surface area contributed by atoms with Crippen LogP contribution in [0.25, 0.3) is 0 Å². The number of rotatable bonds is 6. The minimum Gasteiger partial charge on any atom is -0.454 e. The Balaban J connectivity index is 2.08. The first kappa shape index (κ1) is 16.3. The van der Waals surface area contributed by atoms with Gasteiger partial charge in [0.2, 0.25) is 0 Å². The average Bonchev–Trinajstić information content (AvgIpc) is 2.84. The van der Waals surface area contributed by atoms with Crippen molar-refractivity contribution in [2.24, 2.45) is 17.3 Å². The standard InChI is InChI=1S/C18H28O3/c1-5-6-8-17(3,4)15(19)7-9-18-12-13(2)10-14(18)11-16(20)21-18/h7,9,13-14H,5-6,8,10-12H2,1-4H3/t13-,14-,18+/m0/s1. The molecule has 0 radical (unpaired) electrons. The fraction of sp³-hybridized carbons (Fsp3) is 0.778. The van der Waals surface area contributed by atoms with E-state index in [1.54, 1.807) is 6.08 Å². The van der Waals surface area contributed by atoms with Gasteiger partial charge in [-0.25, -0.2) is 0 Å². The normalized spacial score (nSPS) is 32.5. The van der Waals surface area contributed by atoms with Crippen LogP contribution in [0.15, 0.2) is 12.2 Å². The van der Waals surface area contributed by atoms with Crippen molar-refractivity contribution in [3.63, 3.8) is 0 Å². The van der Waals surface area contributed by atoms with E-state index in [1.807, 2.05) is 19.9 Å². The molecule has 0 N–H and O–H groups in total. The van der Waals surface area contributed by atoms with E-state index in [0.717, 1.165) is 32.1 Å². The Morgan fingerprint density at radius 3 is 2.86 bits per heavy atom. The molecule has 0 bridgehead atoms. The Bertz CT molecular complexity index is 449. The van der Waals surface area contributed by atoms with Crippen molar-refractivity contribution in [1.29, 1.82) is 0 Å². The third-order valence-corrected chi connectivity index (χ3v) is 5.10. The number of fused-ring (bicyclic) bond motifs is 1. The molecule has 3 heteroatoms. The van der Waals surface area contributed by atoms with Gasteiger partial charge in [0.15, 0.2) is 5.78 Å². The molecule has 1 saturated heterocycles. The van der Waals surface area contributed by atoms with Crippen LogP contribution in [0.2, 0.25) is 0 Å². The fourth-order valence-corrected chi connectivity index (χ4v) is 3.74. The van der Waals surface area contributed by atoms with Gasteiger partial charge in [0, 0.05) is 11.3 Å². The number of hydrogen-bond donors (Lipinski definition) is 0. The van der Waals surface area contributed by atoms with Crippen LogP contribution in [-0.2, 0) is 14.3 Å². The molecule has 118 valence electrons. The molecule has 2 rings (SSSR count). The molecule has 0 aromatic rings. The topological polar surface area (TPSA) is 43.4 Å². The van der Waals surface area contributed by atoms with Gasteiger partial charge in [0.05, 0.1) is 6.42 Å². The zero-order valence-corrected chi connectivity index (χ0v) is 13.8. The van der Waals surface area contributed by atoms with E-state index < -0.39 is 5.60 Å². The Kier molecular flexibility index (Phi) is 4.60. The molecule has 0 aromatic carbocycles. The highest BCUT2D eigenvalue weighted by molar-refractivity contribution is 5.94. The van der Waals surface area contributed by atoms with Crippen LogP contribution in [0, 0.1) is 17.3 Å². The molecular formula is C18H28O3. The maximum absolute atomic E-state index is 12.4. The number of carbonyl (C=O) groups is 2. The van der Waals surface area contributed by atoms with Crippen molar-refractivity contribution in [1.82, 2.24) is 0 Å². The fourth-order valence-electron chi connectivity index (χ4n) is 3.74. The van der Waals surface area contributed by atoms with E-state index in [9.17, 15) is 9.59 Å². The van der Waals surface area contributed by atoms with Crippen molar-refractivity contribution in [2.45, 2.75) is 71.8 Å². The molecule has 2 aliphatic rings. The molecule has 1 aliphatic carbocycles. The number of hydrogen-bond acceptors (Lipinski definition) is 3. The zero-order valence-electron chi connectivity index (χ0n) is 13.8. The number of allylic oxidation sites excluding steroid dienone is 1. The second kappa shape index (κ2) is 5.94. The van der Waals surface area contributed by atoms with Crippen LogP contribution >= 0.6 is 0 Å². The SMILES string of the molecule is CCCCC(C)(C)C(=O)C=C[C@@]12C[C@@H](C)C[C@H]1CC(=O)O2. The lowest BCUT2D eigenvalue weighted by Gasteiger charge is -2.25. The maximum atomic E-state index is 12.4. The number of ether oxygens (including phenoxy) is 1. The van der Waals surface area contributed by atoms with Crippen LogP contribution < -0.4 is 0 Å². The molecule has 1 saturated carbocycles. The summed E-state index contributed by atoms with van der Waals surface area (Å²) in [6, 6.07) is 0. The smallest absolute Gasteiger partial charge is 0.307 e. The molecule has 21 heavy (non-hydrogen) atoms. The second-order valence-electron chi connectivity index (χ2n) is 7.56. The van der Waals surface area contributed by atoms with Crippen LogP contribution in [0.3, 0.4) is 0 Å². The Hall–Kier alpha value is -1.12. The second-order valence-corrected chi connectivity index (χ2v) is 7.56. The van der Waals surface area contributed by atoms with Gasteiger partial charge in [-0.15, -0.1) is 0 Å². The summed E-state index contributed by atoms with van der Waals surface area (Å²) in [6.45, 7) is 8.33. The molecule has 3 atom stereocenters. The highest BCUT2D eigenvalue weighted by Crippen LogP contribution is 2.49. The van der Waals surface area contributed by atoms with E-state index in [0.29, 0.717) is 12.3 Å². The summed E-state index contributed by atoms with van der Waals surface area (Å²) in [5.41, 5.74) is -0.835. The summed E-state index contributed by atoms with van der Waals surface area (Å²) in [5.74, 6) is 0.833. The molecule has 3 nitrogen and oxygen atoms in total. The van der Waals surface area contributed by atoms with Gasteiger partial charge in [-0.3, -0.25) is 9.59 Å². The van der Waals surface area contributed by atoms with Crippen LogP contribution in [0.4, 0.5) is 0 Å². The third kappa shape index (κ3) is 3.38. The Morgan fingerprint density at radius 2 is 2.19 bits per heavy atom. The third-order valence-electron chi connectivity index (χ3n) is 5.10. The summed E-state index contributed by atoms with van der Waals surface area (Å²) in [5, 5.41) is 0. The molecule has 0 amide bonds. The summed E-state index contributed by atoms with van der Waals surface area (Å²) in [4.78, 5) is 24.1. The predicted octanol–water partition coefficient (Wildman–Crippen LogP) is 4.06. The summed E-state index contributed by atoms with van der Waals surface area (Å²) in [7, 11) is 0.